The molecular weight excluding hydrogens is 220 g/mol. The van der Waals surface area contributed by atoms with Gasteiger partial charge in [-0.25, -0.2) is 4.98 Å². The third kappa shape index (κ3) is 2.42. The van der Waals surface area contributed by atoms with Crippen LogP contribution in [0.25, 0.3) is 5.57 Å². The van der Waals surface area contributed by atoms with Gasteiger partial charge in [-0.2, -0.15) is 0 Å². The number of hydrogen-bond donors (Lipinski definition) is 1. The van der Waals surface area contributed by atoms with E-state index in [0.29, 0.717) is 0 Å². The Balaban J connectivity index is 2.29. The molecule has 0 amide bonds. The van der Waals surface area contributed by atoms with Gasteiger partial charge in [0.15, 0.2) is 0 Å². The SMILES string of the molecule is CN1CC=C(c2cc(N)c([N+](=O)[O-])cn2)CC1. The molecule has 0 fully saturated rings. The average molecular weight is 234 g/mol. The summed E-state index contributed by atoms with van der Waals surface area (Å²) in [5, 5.41) is 10.6. The van der Waals surface area contributed by atoms with Crippen molar-refractivity contribution in [2.45, 2.75) is 6.42 Å². The molecule has 0 radical (unpaired) electrons. The van der Waals surface area contributed by atoms with Crippen LogP contribution >= 0.6 is 0 Å². The topological polar surface area (TPSA) is 85.3 Å². The molecule has 17 heavy (non-hydrogen) atoms. The molecule has 0 saturated heterocycles. The predicted molar refractivity (Wildman–Crippen MR) is 65.4 cm³/mol. The van der Waals surface area contributed by atoms with Crippen LogP contribution in [0.5, 0.6) is 0 Å². The highest BCUT2D eigenvalue weighted by Crippen LogP contribution is 2.26. The zero-order valence-electron chi connectivity index (χ0n) is 9.59. The van der Waals surface area contributed by atoms with Gasteiger partial charge < -0.3 is 10.6 Å². The molecule has 0 atom stereocenters. The van der Waals surface area contributed by atoms with E-state index in [1.54, 1.807) is 6.07 Å². The third-order valence-corrected chi connectivity index (χ3v) is 2.85. The highest BCUT2D eigenvalue weighted by Gasteiger charge is 2.16. The van der Waals surface area contributed by atoms with Crippen molar-refractivity contribution in [1.29, 1.82) is 0 Å². The van der Waals surface area contributed by atoms with Crippen LogP contribution < -0.4 is 5.73 Å². The first-order valence-electron chi connectivity index (χ1n) is 5.36. The Labute approximate surface area is 98.9 Å². The van der Waals surface area contributed by atoms with Crippen molar-refractivity contribution in [3.05, 3.63) is 34.1 Å². The van der Waals surface area contributed by atoms with Crippen molar-refractivity contribution in [3.8, 4) is 0 Å². The first-order valence-corrected chi connectivity index (χ1v) is 5.36. The highest BCUT2D eigenvalue weighted by atomic mass is 16.6. The summed E-state index contributed by atoms with van der Waals surface area (Å²) in [6.07, 6.45) is 4.20. The van der Waals surface area contributed by atoms with Crippen LogP contribution in [0.2, 0.25) is 0 Å². The Morgan fingerprint density at radius 2 is 2.35 bits per heavy atom. The van der Waals surface area contributed by atoms with Crippen LogP contribution in [0.1, 0.15) is 12.1 Å². The van der Waals surface area contributed by atoms with E-state index in [2.05, 4.69) is 16.0 Å². The molecular formula is C11H14N4O2. The molecule has 2 rings (SSSR count). The van der Waals surface area contributed by atoms with Crippen molar-refractivity contribution in [2.24, 2.45) is 0 Å². The molecule has 0 aromatic carbocycles. The van der Waals surface area contributed by atoms with Crippen LogP contribution in [0.3, 0.4) is 0 Å². The lowest BCUT2D eigenvalue weighted by Gasteiger charge is -2.21. The molecule has 90 valence electrons. The number of nitrogens with zero attached hydrogens (tertiary/aromatic N) is 3. The molecule has 6 heteroatoms. The van der Waals surface area contributed by atoms with Gasteiger partial charge in [-0.3, -0.25) is 10.1 Å². The van der Waals surface area contributed by atoms with Gasteiger partial charge in [0.05, 0.1) is 10.6 Å². The van der Waals surface area contributed by atoms with Crippen LogP contribution in [-0.2, 0) is 0 Å². The molecule has 1 aromatic heterocycles. The average Bonchev–Trinajstić information content (AvgIpc) is 2.29. The number of nitro groups is 1. The fraction of sp³-hybridized carbons (Fsp3) is 0.364. The van der Waals surface area contributed by atoms with E-state index in [9.17, 15) is 10.1 Å². The maximum absolute atomic E-state index is 10.6. The summed E-state index contributed by atoms with van der Waals surface area (Å²) in [5.41, 5.74) is 7.51. The first kappa shape index (κ1) is 11.5. The van der Waals surface area contributed by atoms with Crippen molar-refractivity contribution in [3.63, 3.8) is 0 Å². The standard InChI is InChI=1S/C11H14N4O2/c1-14-4-2-8(3-5-14)10-6-9(12)11(7-13-10)15(16)17/h2,6-7H,3-5H2,1H3,(H2,12,13). The zero-order chi connectivity index (χ0) is 12.4. The van der Waals surface area contributed by atoms with E-state index in [4.69, 9.17) is 5.73 Å². The highest BCUT2D eigenvalue weighted by molar-refractivity contribution is 5.69. The largest absolute Gasteiger partial charge is 0.393 e. The number of hydrogen-bond acceptors (Lipinski definition) is 5. The summed E-state index contributed by atoms with van der Waals surface area (Å²) in [6, 6.07) is 1.58. The maximum atomic E-state index is 10.6. The monoisotopic (exact) mass is 234 g/mol. The second-order valence-corrected chi connectivity index (χ2v) is 4.13. The first-order chi connectivity index (χ1) is 8.08. The lowest BCUT2D eigenvalue weighted by atomic mass is 10.0. The van der Waals surface area contributed by atoms with Gasteiger partial charge in [-0.1, -0.05) is 6.08 Å². The minimum atomic E-state index is -0.519. The fourth-order valence-corrected chi connectivity index (χ4v) is 1.80. The summed E-state index contributed by atoms with van der Waals surface area (Å²) in [7, 11) is 2.05. The van der Waals surface area contributed by atoms with Gasteiger partial charge >= 0.3 is 5.69 Å². The Morgan fingerprint density at radius 1 is 1.59 bits per heavy atom. The second kappa shape index (κ2) is 4.50. The van der Waals surface area contributed by atoms with Gasteiger partial charge in [0.1, 0.15) is 11.9 Å². The van der Waals surface area contributed by atoms with E-state index in [-0.39, 0.29) is 11.4 Å². The maximum Gasteiger partial charge on any atom is 0.310 e. The summed E-state index contributed by atoms with van der Waals surface area (Å²) in [6.45, 7) is 1.83. The molecule has 0 saturated carbocycles. The van der Waals surface area contributed by atoms with Crippen molar-refractivity contribution >= 4 is 16.9 Å². The van der Waals surface area contributed by atoms with Crippen molar-refractivity contribution < 1.29 is 4.92 Å². The van der Waals surface area contributed by atoms with Gasteiger partial charge in [-0.15, -0.1) is 0 Å². The number of aromatic nitrogens is 1. The van der Waals surface area contributed by atoms with Gasteiger partial charge in [0, 0.05) is 13.1 Å². The summed E-state index contributed by atoms with van der Waals surface area (Å²) in [5.74, 6) is 0. The second-order valence-electron chi connectivity index (χ2n) is 4.13. The summed E-state index contributed by atoms with van der Waals surface area (Å²) >= 11 is 0. The molecule has 2 N–H and O–H groups in total. The van der Waals surface area contributed by atoms with Crippen molar-refractivity contribution in [2.75, 3.05) is 25.9 Å². The van der Waals surface area contributed by atoms with Gasteiger partial charge in [0.2, 0.25) is 0 Å². The molecule has 0 spiro atoms. The molecule has 6 nitrogen and oxygen atoms in total. The smallest absolute Gasteiger partial charge is 0.310 e. The van der Waals surface area contributed by atoms with E-state index in [1.807, 2.05) is 7.05 Å². The Bertz CT molecular complexity index is 484. The minimum Gasteiger partial charge on any atom is -0.393 e. The molecule has 0 bridgehead atoms. The van der Waals surface area contributed by atoms with Crippen LogP contribution in [0.15, 0.2) is 18.3 Å². The molecule has 1 aliphatic rings. The Kier molecular flexibility index (Phi) is 3.06. The van der Waals surface area contributed by atoms with Crippen molar-refractivity contribution in [1.82, 2.24) is 9.88 Å². The Hall–Kier alpha value is -1.95. The number of likely N-dealkylation sites (N-methyl/N-ethyl adjacent to an activating group) is 1. The quantitative estimate of drug-likeness (QED) is 0.615. The van der Waals surface area contributed by atoms with E-state index >= 15 is 0 Å². The molecule has 0 aliphatic carbocycles. The van der Waals surface area contributed by atoms with E-state index in [1.165, 1.54) is 6.20 Å². The lowest BCUT2D eigenvalue weighted by Crippen LogP contribution is -2.23. The number of nitrogen functional groups attached to an aromatic ring is 1. The number of rotatable bonds is 2. The zero-order valence-corrected chi connectivity index (χ0v) is 9.59. The lowest BCUT2D eigenvalue weighted by molar-refractivity contribution is -0.384. The van der Waals surface area contributed by atoms with Crippen LogP contribution in [0.4, 0.5) is 11.4 Å². The fourth-order valence-electron chi connectivity index (χ4n) is 1.80. The third-order valence-electron chi connectivity index (χ3n) is 2.85. The number of pyridine rings is 1. The number of nitrogens with two attached hydrogens (primary N) is 1. The van der Waals surface area contributed by atoms with E-state index in [0.717, 1.165) is 30.8 Å². The number of anilines is 1. The normalized spacial score (nSPS) is 16.6. The van der Waals surface area contributed by atoms with Gasteiger partial charge in [0.25, 0.3) is 0 Å². The molecule has 2 heterocycles. The van der Waals surface area contributed by atoms with Crippen LogP contribution in [0, 0.1) is 10.1 Å². The van der Waals surface area contributed by atoms with Crippen LogP contribution in [-0.4, -0.2) is 34.9 Å². The molecule has 1 aliphatic heterocycles. The summed E-state index contributed by atoms with van der Waals surface area (Å²) < 4.78 is 0. The van der Waals surface area contributed by atoms with Gasteiger partial charge in [-0.05, 0) is 25.1 Å². The minimum absolute atomic E-state index is 0.137. The van der Waals surface area contributed by atoms with E-state index < -0.39 is 4.92 Å². The molecule has 1 aromatic rings. The Morgan fingerprint density at radius 3 is 2.88 bits per heavy atom. The molecule has 0 unspecified atom stereocenters. The predicted octanol–water partition coefficient (Wildman–Crippen LogP) is 1.29. The summed E-state index contributed by atoms with van der Waals surface area (Å²) in [4.78, 5) is 16.4.